The zero-order valence-corrected chi connectivity index (χ0v) is 11.3. The summed E-state index contributed by atoms with van der Waals surface area (Å²) in [4.78, 5) is 25.1. The molecule has 1 aromatic heterocycles. The highest BCUT2D eigenvalue weighted by Gasteiger charge is 2.06. The Morgan fingerprint density at radius 1 is 1.53 bits per heavy atom. The van der Waals surface area contributed by atoms with Crippen LogP contribution in [0.25, 0.3) is 11.1 Å². The largest absolute Gasteiger partial charge is 0.417 e. The fourth-order valence-electron chi connectivity index (χ4n) is 1.61. The summed E-state index contributed by atoms with van der Waals surface area (Å²) < 4.78 is 4.87. The number of carbonyl (C=O) groups is 1. The van der Waals surface area contributed by atoms with E-state index in [0.29, 0.717) is 29.6 Å². The molecule has 0 saturated heterocycles. The Morgan fingerprint density at radius 3 is 2.95 bits per heavy atom. The normalized spacial score (nSPS) is 11.9. The first-order chi connectivity index (χ1) is 8.54. The molecule has 19 heavy (non-hydrogen) atoms. The third-order valence-electron chi connectivity index (χ3n) is 2.53. The number of anilines is 1. The second-order valence-corrected chi connectivity index (χ2v) is 4.29. The Balaban J connectivity index is 0.00000180. The van der Waals surface area contributed by atoms with E-state index in [9.17, 15) is 9.59 Å². The molecule has 1 aromatic carbocycles. The van der Waals surface area contributed by atoms with E-state index in [0.717, 1.165) is 0 Å². The van der Waals surface area contributed by atoms with Crippen LogP contribution in [0.1, 0.15) is 19.8 Å². The average molecular weight is 286 g/mol. The first-order valence-corrected chi connectivity index (χ1v) is 5.73. The molecular formula is C12H16ClN3O3. The molecule has 2 aromatic rings. The fourth-order valence-corrected chi connectivity index (χ4v) is 1.61. The predicted octanol–water partition coefficient (Wildman–Crippen LogP) is 1.61. The van der Waals surface area contributed by atoms with Crippen LogP contribution >= 0.6 is 12.4 Å². The molecule has 0 spiro atoms. The monoisotopic (exact) mass is 285 g/mol. The van der Waals surface area contributed by atoms with Crippen LogP contribution in [0.3, 0.4) is 0 Å². The van der Waals surface area contributed by atoms with Crippen molar-refractivity contribution in [2.45, 2.75) is 25.8 Å². The van der Waals surface area contributed by atoms with Crippen molar-refractivity contribution in [1.29, 1.82) is 0 Å². The van der Waals surface area contributed by atoms with Crippen LogP contribution in [0.2, 0.25) is 0 Å². The third kappa shape index (κ3) is 4.11. The minimum absolute atomic E-state index is 0. The van der Waals surface area contributed by atoms with E-state index in [1.165, 1.54) is 0 Å². The summed E-state index contributed by atoms with van der Waals surface area (Å²) in [6.07, 6.45) is 1.01. The van der Waals surface area contributed by atoms with Gasteiger partial charge in [0.15, 0.2) is 5.58 Å². The SMILES string of the molecule is CC(N)CCC(=O)Nc1ccc2oc(=O)[nH]c2c1.Cl. The molecule has 0 aliphatic rings. The Kier molecular flexibility index (Phi) is 5.14. The van der Waals surface area contributed by atoms with Crippen molar-refractivity contribution in [2.75, 3.05) is 5.32 Å². The maximum Gasteiger partial charge on any atom is 0.417 e. The molecule has 6 nitrogen and oxygen atoms in total. The number of rotatable bonds is 4. The Bertz CT molecular complexity index is 618. The zero-order valence-electron chi connectivity index (χ0n) is 10.4. The van der Waals surface area contributed by atoms with Crippen LogP contribution in [-0.2, 0) is 4.79 Å². The summed E-state index contributed by atoms with van der Waals surface area (Å²) in [6.45, 7) is 1.86. The molecule has 0 aliphatic carbocycles. The van der Waals surface area contributed by atoms with E-state index >= 15 is 0 Å². The number of benzene rings is 1. The van der Waals surface area contributed by atoms with E-state index in [1.807, 2.05) is 6.92 Å². The Labute approximate surface area is 115 Å². The number of nitrogens with two attached hydrogens (primary N) is 1. The molecule has 0 aliphatic heterocycles. The van der Waals surface area contributed by atoms with Crippen molar-refractivity contribution >= 4 is 35.1 Å². The highest BCUT2D eigenvalue weighted by atomic mass is 35.5. The number of fused-ring (bicyclic) bond motifs is 1. The molecule has 1 amide bonds. The summed E-state index contributed by atoms with van der Waals surface area (Å²) in [5, 5.41) is 2.74. The average Bonchev–Trinajstić information content (AvgIpc) is 2.66. The van der Waals surface area contributed by atoms with Gasteiger partial charge < -0.3 is 15.5 Å². The van der Waals surface area contributed by atoms with Crippen LogP contribution in [0, 0.1) is 0 Å². The van der Waals surface area contributed by atoms with Gasteiger partial charge in [0.05, 0.1) is 5.52 Å². The lowest BCUT2D eigenvalue weighted by Crippen LogP contribution is -2.19. The Morgan fingerprint density at radius 2 is 2.26 bits per heavy atom. The summed E-state index contributed by atoms with van der Waals surface area (Å²) in [5.74, 6) is -0.608. The summed E-state index contributed by atoms with van der Waals surface area (Å²) in [5.41, 5.74) is 7.23. The predicted molar refractivity (Wildman–Crippen MR) is 75.6 cm³/mol. The fraction of sp³-hybridized carbons (Fsp3) is 0.333. The van der Waals surface area contributed by atoms with Crippen molar-refractivity contribution in [3.63, 3.8) is 0 Å². The van der Waals surface area contributed by atoms with Gasteiger partial charge in [-0.25, -0.2) is 4.79 Å². The quantitative estimate of drug-likeness (QED) is 0.794. The second-order valence-electron chi connectivity index (χ2n) is 4.29. The summed E-state index contributed by atoms with van der Waals surface area (Å²) >= 11 is 0. The van der Waals surface area contributed by atoms with Gasteiger partial charge in [0.25, 0.3) is 0 Å². The Hall–Kier alpha value is -1.79. The molecule has 1 unspecified atom stereocenters. The van der Waals surface area contributed by atoms with E-state index in [1.54, 1.807) is 18.2 Å². The summed E-state index contributed by atoms with van der Waals surface area (Å²) in [7, 11) is 0. The molecule has 0 fully saturated rings. The van der Waals surface area contributed by atoms with Crippen molar-refractivity contribution in [3.8, 4) is 0 Å². The highest BCUT2D eigenvalue weighted by molar-refractivity contribution is 5.92. The van der Waals surface area contributed by atoms with E-state index in [4.69, 9.17) is 10.2 Å². The van der Waals surface area contributed by atoms with Gasteiger partial charge in [0, 0.05) is 18.2 Å². The first kappa shape index (κ1) is 15.3. The number of nitrogens with one attached hydrogen (secondary N) is 2. The van der Waals surface area contributed by atoms with Gasteiger partial charge in [0.1, 0.15) is 0 Å². The molecular weight excluding hydrogens is 270 g/mol. The van der Waals surface area contributed by atoms with Crippen LogP contribution in [0.4, 0.5) is 5.69 Å². The molecule has 104 valence electrons. The molecule has 1 atom stereocenters. The molecule has 0 bridgehead atoms. The highest BCUT2D eigenvalue weighted by Crippen LogP contribution is 2.16. The lowest BCUT2D eigenvalue weighted by atomic mass is 10.2. The number of oxazole rings is 1. The standard InChI is InChI=1S/C12H15N3O3.ClH/c1-7(13)2-5-11(16)14-8-3-4-10-9(6-8)15-12(17)18-10;/h3-4,6-7H,2,5,13H2,1H3,(H,14,16)(H,15,17);1H. The number of halogens is 1. The number of H-pyrrole nitrogens is 1. The number of amides is 1. The maximum absolute atomic E-state index is 11.6. The van der Waals surface area contributed by atoms with Crippen LogP contribution in [-0.4, -0.2) is 16.9 Å². The number of aromatic amines is 1. The second kappa shape index (κ2) is 6.40. The number of carbonyl (C=O) groups excluding carboxylic acids is 1. The van der Waals surface area contributed by atoms with Gasteiger partial charge in [-0.15, -0.1) is 12.4 Å². The maximum atomic E-state index is 11.6. The molecule has 4 N–H and O–H groups in total. The lowest BCUT2D eigenvalue weighted by Gasteiger charge is -2.06. The van der Waals surface area contributed by atoms with E-state index in [2.05, 4.69) is 10.3 Å². The number of hydrogen-bond acceptors (Lipinski definition) is 4. The number of hydrogen-bond donors (Lipinski definition) is 3. The molecule has 1 heterocycles. The van der Waals surface area contributed by atoms with Gasteiger partial charge in [-0.3, -0.25) is 9.78 Å². The van der Waals surface area contributed by atoms with Gasteiger partial charge in [-0.2, -0.15) is 0 Å². The van der Waals surface area contributed by atoms with Crippen molar-refractivity contribution in [3.05, 3.63) is 28.7 Å². The third-order valence-corrected chi connectivity index (χ3v) is 2.53. The summed E-state index contributed by atoms with van der Waals surface area (Å²) in [6, 6.07) is 4.98. The van der Waals surface area contributed by atoms with Crippen LogP contribution < -0.4 is 16.8 Å². The van der Waals surface area contributed by atoms with E-state index < -0.39 is 5.76 Å². The molecule has 0 radical (unpaired) electrons. The first-order valence-electron chi connectivity index (χ1n) is 5.73. The topological polar surface area (TPSA) is 101 Å². The van der Waals surface area contributed by atoms with Gasteiger partial charge in [0.2, 0.25) is 5.91 Å². The molecule has 0 saturated carbocycles. The van der Waals surface area contributed by atoms with Crippen molar-refractivity contribution in [2.24, 2.45) is 5.73 Å². The van der Waals surface area contributed by atoms with Crippen LogP contribution in [0.15, 0.2) is 27.4 Å². The smallest absolute Gasteiger partial charge is 0.408 e. The molecule has 2 rings (SSSR count). The molecule has 7 heteroatoms. The van der Waals surface area contributed by atoms with Gasteiger partial charge in [-0.05, 0) is 31.5 Å². The van der Waals surface area contributed by atoms with Crippen molar-refractivity contribution < 1.29 is 9.21 Å². The minimum Gasteiger partial charge on any atom is -0.408 e. The lowest BCUT2D eigenvalue weighted by molar-refractivity contribution is -0.116. The van der Waals surface area contributed by atoms with Crippen molar-refractivity contribution in [1.82, 2.24) is 4.98 Å². The minimum atomic E-state index is -0.509. The zero-order chi connectivity index (χ0) is 13.1. The van der Waals surface area contributed by atoms with Gasteiger partial charge >= 0.3 is 5.76 Å². The number of aromatic nitrogens is 1. The van der Waals surface area contributed by atoms with Gasteiger partial charge in [-0.1, -0.05) is 0 Å². The van der Waals surface area contributed by atoms with Crippen LogP contribution in [0.5, 0.6) is 0 Å². The van der Waals surface area contributed by atoms with E-state index in [-0.39, 0.29) is 24.4 Å².